The van der Waals surface area contributed by atoms with E-state index >= 15 is 0 Å². The lowest BCUT2D eigenvalue weighted by Crippen LogP contribution is -2.41. The van der Waals surface area contributed by atoms with Crippen LogP contribution in [0.5, 0.6) is 0 Å². The van der Waals surface area contributed by atoms with Gasteiger partial charge in [0, 0.05) is 49.7 Å². The van der Waals surface area contributed by atoms with Gasteiger partial charge < -0.3 is 9.88 Å². The first-order valence-corrected chi connectivity index (χ1v) is 11.3. The molecule has 1 aromatic carbocycles. The Balaban J connectivity index is 1.41. The highest BCUT2D eigenvalue weighted by atomic mass is 16.2. The number of hydrogen-bond acceptors (Lipinski definition) is 5. The molecule has 32 heavy (non-hydrogen) atoms. The van der Waals surface area contributed by atoms with Crippen molar-refractivity contribution in [2.45, 2.75) is 44.8 Å². The largest absolute Gasteiger partial charge is 0.328 e. The summed E-state index contributed by atoms with van der Waals surface area (Å²) in [6.07, 6.45) is 7.06. The molecule has 1 atom stereocenters. The van der Waals surface area contributed by atoms with E-state index in [4.69, 9.17) is 4.98 Å². The Hall–Kier alpha value is -3.32. The maximum atomic E-state index is 13.2. The number of fused-ring (bicyclic) bond motifs is 1. The maximum Gasteiger partial charge on any atom is 0.254 e. The highest BCUT2D eigenvalue weighted by Gasteiger charge is 2.32. The van der Waals surface area contributed by atoms with Crippen molar-refractivity contribution in [2.75, 3.05) is 13.1 Å². The van der Waals surface area contributed by atoms with Crippen molar-refractivity contribution < 1.29 is 4.79 Å². The molecule has 2 aliphatic heterocycles. The molecule has 1 N–H and O–H groups in total. The quantitative estimate of drug-likeness (QED) is 0.689. The SMILES string of the molecule is O=C(c1ccccc1)N1CCCC[C@H]1c1nc2c(c(=O)[nH]1)CCN(Cc1ccncc1)C2. The lowest BCUT2D eigenvalue weighted by Gasteiger charge is -2.36. The molecule has 0 saturated carbocycles. The number of aromatic amines is 1. The lowest BCUT2D eigenvalue weighted by molar-refractivity contribution is 0.0598. The number of benzene rings is 1. The summed E-state index contributed by atoms with van der Waals surface area (Å²) in [5, 5.41) is 0. The van der Waals surface area contributed by atoms with Gasteiger partial charge in [-0.2, -0.15) is 0 Å². The van der Waals surface area contributed by atoms with E-state index in [0.29, 0.717) is 30.9 Å². The Morgan fingerprint density at radius 1 is 1.06 bits per heavy atom. The van der Waals surface area contributed by atoms with E-state index in [2.05, 4.69) is 14.9 Å². The standard InChI is InChI=1S/C25H27N5O2/c31-24-20-11-15-29(16-18-9-12-26-13-10-18)17-21(20)27-23(28-24)22-8-4-5-14-30(22)25(32)19-6-2-1-3-7-19/h1-3,6-7,9-10,12-13,22H,4-5,8,11,14-17H2,(H,27,28,31)/t22-/m0/s1. The number of piperidine rings is 1. The van der Waals surface area contributed by atoms with Gasteiger partial charge in [-0.3, -0.25) is 19.5 Å². The number of hydrogen-bond donors (Lipinski definition) is 1. The van der Waals surface area contributed by atoms with Gasteiger partial charge >= 0.3 is 0 Å². The molecule has 0 radical (unpaired) electrons. The number of carbonyl (C=O) groups is 1. The molecule has 7 nitrogen and oxygen atoms in total. The summed E-state index contributed by atoms with van der Waals surface area (Å²) in [4.78, 5) is 42.3. The Labute approximate surface area is 187 Å². The summed E-state index contributed by atoms with van der Waals surface area (Å²) < 4.78 is 0. The maximum absolute atomic E-state index is 13.2. The predicted molar refractivity (Wildman–Crippen MR) is 121 cm³/mol. The van der Waals surface area contributed by atoms with Crippen LogP contribution < -0.4 is 5.56 Å². The smallest absolute Gasteiger partial charge is 0.254 e. The second-order valence-electron chi connectivity index (χ2n) is 8.57. The van der Waals surface area contributed by atoms with Crippen molar-refractivity contribution in [2.24, 2.45) is 0 Å². The van der Waals surface area contributed by atoms with Crippen LogP contribution in [0.25, 0.3) is 0 Å². The van der Waals surface area contributed by atoms with Gasteiger partial charge in [-0.15, -0.1) is 0 Å². The molecule has 3 aromatic rings. The second kappa shape index (κ2) is 9.04. The summed E-state index contributed by atoms with van der Waals surface area (Å²) >= 11 is 0. The molecule has 2 aromatic heterocycles. The van der Waals surface area contributed by atoms with E-state index in [9.17, 15) is 9.59 Å². The van der Waals surface area contributed by atoms with Crippen molar-refractivity contribution >= 4 is 5.91 Å². The molecular weight excluding hydrogens is 402 g/mol. The Kier molecular flexibility index (Phi) is 5.81. The van der Waals surface area contributed by atoms with Crippen LogP contribution in [0.4, 0.5) is 0 Å². The average molecular weight is 430 g/mol. The number of carbonyl (C=O) groups excluding carboxylic acids is 1. The van der Waals surface area contributed by atoms with Gasteiger partial charge in [-0.05, 0) is 55.5 Å². The molecule has 2 aliphatic rings. The predicted octanol–water partition coefficient (Wildman–Crippen LogP) is 3.09. The van der Waals surface area contributed by atoms with Gasteiger partial charge in [0.25, 0.3) is 11.5 Å². The number of aromatic nitrogens is 3. The zero-order valence-corrected chi connectivity index (χ0v) is 18.0. The Bertz CT molecular complexity index is 1150. The van der Waals surface area contributed by atoms with Crippen LogP contribution in [-0.2, 0) is 19.5 Å². The molecule has 1 fully saturated rings. The average Bonchev–Trinajstić information content (AvgIpc) is 2.84. The number of likely N-dealkylation sites (tertiary alicyclic amines) is 1. The van der Waals surface area contributed by atoms with E-state index in [1.54, 1.807) is 12.4 Å². The third kappa shape index (κ3) is 4.21. The molecule has 7 heteroatoms. The summed E-state index contributed by atoms with van der Waals surface area (Å²) in [5.74, 6) is 0.610. The molecule has 1 amide bonds. The van der Waals surface area contributed by atoms with Gasteiger partial charge in [0.15, 0.2) is 0 Å². The van der Waals surface area contributed by atoms with Crippen LogP contribution in [0, 0.1) is 0 Å². The van der Waals surface area contributed by atoms with Gasteiger partial charge in [0.05, 0.1) is 11.7 Å². The number of pyridine rings is 1. The van der Waals surface area contributed by atoms with E-state index in [-0.39, 0.29) is 17.5 Å². The van der Waals surface area contributed by atoms with Crippen molar-refractivity contribution in [3.8, 4) is 0 Å². The van der Waals surface area contributed by atoms with Crippen molar-refractivity contribution in [3.05, 3.63) is 93.4 Å². The van der Waals surface area contributed by atoms with Crippen LogP contribution in [0.15, 0.2) is 59.7 Å². The Morgan fingerprint density at radius 3 is 2.69 bits per heavy atom. The molecule has 0 aliphatic carbocycles. The van der Waals surface area contributed by atoms with Crippen LogP contribution in [0.1, 0.15) is 58.3 Å². The summed E-state index contributed by atoms with van der Waals surface area (Å²) in [6, 6.07) is 13.2. The van der Waals surface area contributed by atoms with Crippen LogP contribution in [-0.4, -0.2) is 43.7 Å². The van der Waals surface area contributed by atoms with Crippen LogP contribution >= 0.6 is 0 Å². The lowest BCUT2D eigenvalue weighted by atomic mass is 9.99. The van der Waals surface area contributed by atoms with E-state index in [1.165, 1.54) is 5.56 Å². The fraction of sp³-hybridized carbons (Fsp3) is 0.360. The van der Waals surface area contributed by atoms with Crippen LogP contribution in [0.2, 0.25) is 0 Å². The minimum Gasteiger partial charge on any atom is -0.328 e. The van der Waals surface area contributed by atoms with Crippen LogP contribution in [0.3, 0.4) is 0 Å². The van der Waals surface area contributed by atoms with Gasteiger partial charge in [-0.1, -0.05) is 18.2 Å². The third-order valence-corrected chi connectivity index (χ3v) is 6.43. The van der Waals surface area contributed by atoms with E-state index in [1.807, 2.05) is 47.4 Å². The minimum absolute atomic E-state index is 0.00465. The Morgan fingerprint density at radius 2 is 1.88 bits per heavy atom. The fourth-order valence-electron chi connectivity index (χ4n) is 4.76. The first-order chi connectivity index (χ1) is 15.7. The number of nitrogens with zero attached hydrogens (tertiary/aromatic N) is 4. The molecule has 5 rings (SSSR count). The third-order valence-electron chi connectivity index (χ3n) is 6.43. The molecule has 1 saturated heterocycles. The van der Waals surface area contributed by atoms with Gasteiger partial charge in [-0.25, -0.2) is 4.98 Å². The van der Waals surface area contributed by atoms with Gasteiger partial charge in [0.2, 0.25) is 0 Å². The van der Waals surface area contributed by atoms with E-state index in [0.717, 1.165) is 43.6 Å². The molecule has 164 valence electrons. The monoisotopic (exact) mass is 429 g/mol. The normalized spacial score (nSPS) is 18.9. The molecule has 0 bridgehead atoms. The van der Waals surface area contributed by atoms with E-state index < -0.39 is 0 Å². The number of H-pyrrole nitrogens is 1. The first-order valence-electron chi connectivity index (χ1n) is 11.3. The second-order valence-corrected chi connectivity index (χ2v) is 8.57. The topological polar surface area (TPSA) is 82.2 Å². The molecule has 0 unspecified atom stereocenters. The van der Waals surface area contributed by atoms with Crippen molar-refractivity contribution in [3.63, 3.8) is 0 Å². The fourth-order valence-corrected chi connectivity index (χ4v) is 4.76. The zero-order valence-electron chi connectivity index (χ0n) is 18.0. The summed E-state index contributed by atoms with van der Waals surface area (Å²) in [5.41, 5.74) is 3.41. The number of nitrogens with one attached hydrogen (secondary N) is 1. The minimum atomic E-state index is -0.204. The van der Waals surface area contributed by atoms with Crippen molar-refractivity contribution in [1.82, 2.24) is 24.8 Å². The highest BCUT2D eigenvalue weighted by molar-refractivity contribution is 5.94. The molecular formula is C25H27N5O2. The number of rotatable bonds is 4. The first kappa shape index (κ1) is 20.6. The zero-order chi connectivity index (χ0) is 21.9. The highest BCUT2D eigenvalue weighted by Crippen LogP contribution is 2.30. The molecule has 0 spiro atoms. The van der Waals surface area contributed by atoms with Crippen molar-refractivity contribution in [1.29, 1.82) is 0 Å². The number of amides is 1. The van der Waals surface area contributed by atoms with Gasteiger partial charge in [0.1, 0.15) is 5.82 Å². The summed E-state index contributed by atoms with van der Waals surface area (Å²) in [6.45, 7) is 2.93. The summed E-state index contributed by atoms with van der Waals surface area (Å²) in [7, 11) is 0. The molecule has 4 heterocycles.